The number of ether oxygens (including phenoxy) is 1. The third-order valence-electron chi connectivity index (χ3n) is 9.79. The molecule has 1 aliphatic heterocycles. The molecule has 0 radical (unpaired) electrons. The van der Waals surface area contributed by atoms with Gasteiger partial charge in [-0.3, -0.25) is 14.6 Å². The van der Waals surface area contributed by atoms with Crippen molar-refractivity contribution in [1.82, 2.24) is 14.8 Å². The number of amides is 1. The number of benzene rings is 1. The van der Waals surface area contributed by atoms with Gasteiger partial charge < -0.3 is 34.7 Å². The zero-order chi connectivity index (χ0) is 44.4. The summed E-state index contributed by atoms with van der Waals surface area (Å²) in [6.45, 7) is 10.3. The van der Waals surface area contributed by atoms with Crippen LogP contribution >= 0.6 is 11.3 Å². The number of carboxylic acid groups (broad SMARTS) is 1. The van der Waals surface area contributed by atoms with Gasteiger partial charge in [0.15, 0.2) is 0 Å². The average molecular weight is 862 g/mol. The van der Waals surface area contributed by atoms with Gasteiger partial charge in [-0.2, -0.15) is 26.3 Å². The van der Waals surface area contributed by atoms with Gasteiger partial charge in [0.05, 0.1) is 23.2 Å². The molecule has 3 aromatic rings. The number of aromatic nitrogens is 1. The maximum Gasteiger partial charge on any atom is 0.425 e. The first-order valence-corrected chi connectivity index (χ1v) is 20.5. The number of carbonyl (C=O) groups excluding carboxylic acids is 2. The van der Waals surface area contributed by atoms with Gasteiger partial charge in [-0.15, -0.1) is 11.3 Å². The molecule has 1 aliphatic rings. The second-order valence-corrected chi connectivity index (χ2v) is 15.6. The van der Waals surface area contributed by atoms with Crippen LogP contribution in [0.4, 0.5) is 26.3 Å². The number of likely N-dealkylation sites (tertiary alicyclic amines) is 1. The number of piperidine rings is 1. The zero-order valence-electron chi connectivity index (χ0n) is 34.2. The van der Waals surface area contributed by atoms with Crippen molar-refractivity contribution in [3.05, 3.63) is 75.7 Å². The van der Waals surface area contributed by atoms with Crippen LogP contribution in [0, 0.1) is 5.92 Å². The van der Waals surface area contributed by atoms with Gasteiger partial charge in [-0.1, -0.05) is 38.5 Å². The highest BCUT2D eigenvalue weighted by Gasteiger charge is 2.37. The summed E-state index contributed by atoms with van der Waals surface area (Å²) in [5.41, 5.74) is -1.32. The molecule has 0 bridgehead atoms. The Bertz CT molecular complexity index is 1740. The van der Waals surface area contributed by atoms with E-state index in [1.807, 2.05) is 36.1 Å². The lowest BCUT2D eigenvalue weighted by molar-refractivity contribution is -0.140. The Morgan fingerprint density at radius 1 is 1.07 bits per heavy atom. The maximum atomic E-state index is 13.6. The standard InChI is InChI=1S/C29H48N2O5.C8H6F3NO.C5H3F3OS/c1-6-12-25-23(13-10-20-30(25)5)28(34)31(19-7-2)21-11-18-29(4,35)24-14-8-9-15-26(24)36-22(3)16-17-27(32)33;9-8(10,11)7-1-3-12-5-6(7)2-4-13;6-5(7,8)4-1-3(9)2-10-4/h8-9,14-15,22-23,25,35H,6-7,10-13,16-21H2,1-5H3,(H,32,33);1,3-5H,2H2;1-2,9H. The Hall–Kier alpha value is -4.22. The molecule has 4 atom stereocenters. The molecule has 330 valence electrons. The van der Waals surface area contributed by atoms with Gasteiger partial charge in [0.25, 0.3) is 0 Å². The Morgan fingerprint density at radius 2 is 1.76 bits per heavy atom. The van der Waals surface area contributed by atoms with Crippen molar-refractivity contribution in [3.63, 3.8) is 0 Å². The number of carbonyl (C=O) groups is 3. The van der Waals surface area contributed by atoms with Crippen LogP contribution in [0.3, 0.4) is 0 Å². The number of nitrogens with zero attached hydrogens (tertiary/aromatic N) is 3. The molecule has 1 saturated heterocycles. The van der Waals surface area contributed by atoms with E-state index in [0.717, 1.165) is 69.0 Å². The number of halogens is 6. The number of aldehydes is 1. The lowest BCUT2D eigenvalue weighted by atomic mass is 9.85. The van der Waals surface area contributed by atoms with Crippen molar-refractivity contribution in [3.8, 4) is 11.5 Å². The molecule has 4 unspecified atom stereocenters. The summed E-state index contributed by atoms with van der Waals surface area (Å²) in [6.07, 6.45) is -0.0953. The number of aromatic hydroxyl groups is 1. The number of hydrogen-bond donors (Lipinski definition) is 3. The lowest BCUT2D eigenvalue weighted by Crippen LogP contribution is -2.50. The average Bonchev–Trinajstić information content (AvgIpc) is 3.62. The minimum Gasteiger partial charge on any atom is -0.507 e. The van der Waals surface area contributed by atoms with E-state index in [0.29, 0.717) is 66.9 Å². The molecule has 1 amide bonds. The zero-order valence-corrected chi connectivity index (χ0v) is 35.0. The van der Waals surface area contributed by atoms with Gasteiger partial charge in [0.1, 0.15) is 22.7 Å². The Kier molecular flexibility index (Phi) is 20.8. The van der Waals surface area contributed by atoms with E-state index in [9.17, 15) is 45.8 Å². The molecule has 17 heteroatoms. The highest BCUT2D eigenvalue weighted by Crippen LogP contribution is 2.37. The first-order chi connectivity index (χ1) is 27.7. The minimum absolute atomic E-state index is 0.0386. The fourth-order valence-corrected chi connectivity index (χ4v) is 7.50. The van der Waals surface area contributed by atoms with Gasteiger partial charge in [0, 0.05) is 61.4 Å². The summed E-state index contributed by atoms with van der Waals surface area (Å²) < 4.78 is 77.8. The topological polar surface area (TPSA) is 140 Å². The third-order valence-corrected chi connectivity index (χ3v) is 10.8. The summed E-state index contributed by atoms with van der Waals surface area (Å²) in [7, 11) is 2.14. The predicted octanol–water partition coefficient (Wildman–Crippen LogP) is 9.37. The summed E-state index contributed by atoms with van der Waals surface area (Å²) in [4.78, 5) is 41.7. The van der Waals surface area contributed by atoms with Crippen LogP contribution < -0.4 is 4.74 Å². The first kappa shape index (κ1) is 50.9. The second-order valence-electron chi connectivity index (χ2n) is 14.7. The smallest absolute Gasteiger partial charge is 0.425 e. The molecule has 1 fully saturated rings. The van der Waals surface area contributed by atoms with Crippen molar-refractivity contribution in [2.24, 2.45) is 5.92 Å². The van der Waals surface area contributed by atoms with E-state index < -0.39 is 34.4 Å². The van der Waals surface area contributed by atoms with Crippen LogP contribution in [0.15, 0.2) is 54.2 Å². The SMILES string of the molecule is CCCC1C(C(=O)N(CCC)CCCC(C)(O)c2ccccc2OC(C)CCC(=O)O)CCCN1C.O=CCc1cnccc1C(F)(F)F.Oc1csc(C(F)(F)F)c1. The lowest BCUT2D eigenvalue weighted by Gasteiger charge is -2.40. The van der Waals surface area contributed by atoms with Crippen LogP contribution in [0.1, 0.15) is 107 Å². The first-order valence-electron chi connectivity index (χ1n) is 19.6. The van der Waals surface area contributed by atoms with Crippen LogP contribution in [-0.2, 0) is 38.8 Å². The van der Waals surface area contributed by atoms with Crippen LogP contribution in [0.5, 0.6) is 11.5 Å². The highest BCUT2D eigenvalue weighted by molar-refractivity contribution is 7.10. The summed E-state index contributed by atoms with van der Waals surface area (Å²) in [5, 5.41) is 29.9. The number of pyridine rings is 1. The molecule has 0 aliphatic carbocycles. The molecule has 2 aromatic heterocycles. The molecule has 3 N–H and O–H groups in total. The quantitative estimate of drug-likeness (QED) is 0.0895. The van der Waals surface area contributed by atoms with Gasteiger partial charge in [-0.25, -0.2) is 0 Å². The molecular weight excluding hydrogens is 805 g/mol. The van der Waals surface area contributed by atoms with Crippen molar-refractivity contribution >= 4 is 29.5 Å². The minimum atomic E-state index is -4.42. The fourth-order valence-electron chi connectivity index (χ4n) is 6.86. The highest BCUT2D eigenvalue weighted by atomic mass is 32.1. The summed E-state index contributed by atoms with van der Waals surface area (Å²) in [6, 6.07) is 9.28. The monoisotopic (exact) mass is 861 g/mol. The molecule has 3 heterocycles. The van der Waals surface area contributed by atoms with E-state index in [1.54, 1.807) is 6.92 Å². The summed E-state index contributed by atoms with van der Waals surface area (Å²) in [5.74, 6) is -0.292. The molecule has 4 rings (SSSR count). The van der Waals surface area contributed by atoms with E-state index in [-0.39, 0.29) is 42.1 Å². The van der Waals surface area contributed by atoms with E-state index in [1.165, 1.54) is 0 Å². The maximum absolute atomic E-state index is 13.6. The molecule has 0 saturated carbocycles. The predicted molar refractivity (Wildman–Crippen MR) is 213 cm³/mol. The van der Waals surface area contributed by atoms with Gasteiger partial charge in [-0.05, 0) is 90.1 Å². The van der Waals surface area contributed by atoms with Crippen molar-refractivity contribution in [2.75, 3.05) is 26.7 Å². The van der Waals surface area contributed by atoms with Gasteiger partial charge >= 0.3 is 18.3 Å². The molecular formula is C42H57F6N3O7S. The van der Waals surface area contributed by atoms with Crippen LogP contribution in [0.2, 0.25) is 0 Å². The molecule has 1 aromatic carbocycles. The largest absolute Gasteiger partial charge is 0.507 e. The van der Waals surface area contributed by atoms with E-state index in [4.69, 9.17) is 14.9 Å². The Balaban J connectivity index is 0.000000419. The van der Waals surface area contributed by atoms with Crippen LogP contribution in [0.25, 0.3) is 0 Å². The number of carboxylic acids is 1. The number of alkyl halides is 6. The molecule has 59 heavy (non-hydrogen) atoms. The van der Waals surface area contributed by atoms with E-state index in [2.05, 4.69) is 30.8 Å². The third kappa shape index (κ3) is 17.1. The van der Waals surface area contributed by atoms with Crippen molar-refractivity contribution in [1.29, 1.82) is 0 Å². The normalized spacial score (nSPS) is 17.3. The Morgan fingerprint density at radius 3 is 2.32 bits per heavy atom. The van der Waals surface area contributed by atoms with Crippen molar-refractivity contribution in [2.45, 2.75) is 122 Å². The number of para-hydroxylation sites is 1. The fraction of sp³-hybridized carbons (Fsp3) is 0.571. The number of aliphatic carboxylic acids is 1. The molecule has 10 nitrogen and oxygen atoms in total. The molecule has 0 spiro atoms. The number of aliphatic hydroxyl groups is 1. The van der Waals surface area contributed by atoms with Crippen LogP contribution in [-0.4, -0.2) is 87.1 Å². The second kappa shape index (κ2) is 24.1. The van der Waals surface area contributed by atoms with E-state index >= 15 is 0 Å². The summed E-state index contributed by atoms with van der Waals surface area (Å²) >= 11 is 0.481. The number of rotatable bonds is 17. The Labute approximate surface area is 346 Å². The van der Waals surface area contributed by atoms with Gasteiger partial charge in [0.2, 0.25) is 5.91 Å². The number of thiophene rings is 1. The van der Waals surface area contributed by atoms with Crippen molar-refractivity contribution < 1.29 is 60.8 Å². The number of hydrogen-bond acceptors (Lipinski definition) is 9.